The Labute approximate surface area is 126 Å². The molecule has 21 heavy (non-hydrogen) atoms. The number of amides is 2. The number of ether oxygens (including phenoxy) is 1. The first-order valence-electron chi connectivity index (χ1n) is 6.07. The molecule has 0 aromatic heterocycles. The third-order valence-electron chi connectivity index (χ3n) is 2.27. The summed E-state index contributed by atoms with van der Waals surface area (Å²) < 4.78 is 4.54. The number of imide groups is 1. The van der Waals surface area contributed by atoms with Gasteiger partial charge in [0, 0.05) is 0 Å². The van der Waals surface area contributed by atoms with E-state index in [-0.39, 0.29) is 13.2 Å². The predicted octanol–water partition coefficient (Wildman–Crippen LogP) is 2.84. The number of hydrogen-bond acceptors (Lipinski definition) is 6. The molecule has 1 unspecified atom stereocenters. The number of benzene rings is 1. The third kappa shape index (κ3) is 5.58. The summed E-state index contributed by atoms with van der Waals surface area (Å²) in [6.45, 7) is 1.54. The van der Waals surface area contributed by atoms with Crippen molar-refractivity contribution in [2.45, 2.75) is 6.92 Å². The highest BCUT2D eigenvalue weighted by atomic mass is 35.5. The second-order valence-corrected chi connectivity index (χ2v) is 4.17. The number of carbonyl (C=O) groups is 2. The number of rotatable bonds is 5. The van der Waals surface area contributed by atoms with Crippen molar-refractivity contribution in [3.05, 3.63) is 29.3 Å². The molecular formula is C13H13ClN4O3. The zero-order valence-corrected chi connectivity index (χ0v) is 12.0. The number of azo groups is 1. The van der Waals surface area contributed by atoms with Crippen LogP contribution in [0.1, 0.15) is 6.92 Å². The Morgan fingerprint density at radius 3 is 2.81 bits per heavy atom. The molecule has 0 aliphatic carbocycles. The Morgan fingerprint density at radius 2 is 2.19 bits per heavy atom. The van der Waals surface area contributed by atoms with Crippen molar-refractivity contribution < 1.29 is 14.3 Å². The van der Waals surface area contributed by atoms with Crippen LogP contribution in [-0.2, 0) is 9.53 Å². The van der Waals surface area contributed by atoms with Crippen LogP contribution in [0, 0.1) is 17.2 Å². The van der Waals surface area contributed by atoms with Crippen LogP contribution in [0.5, 0.6) is 0 Å². The van der Waals surface area contributed by atoms with E-state index in [1.807, 2.05) is 5.32 Å². The van der Waals surface area contributed by atoms with Crippen molar-refractivity contribution in [3.63, 3.8) is 0 Å². The van der Waals surface area contributed by atoms with Crippen molar-refractivity contribution in [1.29, 1.82) is 5.26 Å². The Bertz CT molecular complexity index is 583. The summed E-state index contributed by atoms with van der Waals surface area (Å²) in [5, 5.41) is 18.8. The van der Waals surface area contributed by atoms with E-state index in [4.69, 9.17) is 16.9 Å². The van der Waals surface area contributed by atoms with Gasteiger partial charge in [0.25, 0.3) is 0 Å². The van der Waals surface area contributed by atoms with Crippen LogP contribution < -0.4 is 5.32 Å². The highest BCUT2D eigenvalue weighted by Gasteiger charge is 2.20. The molecule has 0 saturated carbocycles. The molecule has 1 N–H and O–H groups in total. The predicted molar refractivity (Wildman–Crippen MR) is 75.1 cm³/mol. The minimum absolute atomic E-state index is 0.128. The molecular weight excluding hydrogens is 296 g/mol. The van der Waals surface area contributed by atoms with Crippen molar-refractivity contribution in [2.75, 3.05) is 13.2 Å². The summed E-state index contributed by atoms with van der Waals surface area (Å²) in [6.07, 6.45) is -0.897. The van der Waals surface area contributed by atoms with Gasteiger partial charge in [-0.25, -0.2) is 4.79 Å². The van der Waals surface area contributed by atoms with Crippen molar-refractivity contribution >= 4 is 29.3 Å². The third-order valence-corrected chi connectivity index (χ3v) is 2.59. The number of nitrogens with one attached hydrogen (secondary N) is 1. The number of hydrogen-bond donors (Lipinski definition) is 1. The van der Waals surface area contributed by atoms with Crippen LogP contribution in [0.15, 0.2) is 34.5 Å². The molecule has 0 radical (unpaired) electrons. The van der Waals surface area contributed by atoms with Gasteiger partial charge in [0.15, 0.2) is 0 Å². The van der Waals surface area contributed by atoms with Gasteiger partial charge in [-0.1, -0.05) is 23.7 Å². The Morgan fingerprint density at radius 1 is 1.48 bits per heavy atom. The molecule has 110 valence electrons. The van der Waals surface area contributed by atoms with E-state index in [9.17, 15) is 9.59 Å². The Kier molecular flexibility index (Phi) is 6.84. The van der Waals surface area contributed by atoms with Gasteiger partial charge in [0.05, 0.1) is 24.2 Å². The summed E-state index contributed by atoms with van der Waals surface area (Å²) in [6, 6.07) is 8.51. The monoisotopic (exact) mass is 308 g/mol. The molecule has 0 spiro atoms. The minimum Gasteiger partial charge on any atom is -0.450 e. The number of halogens is 1. The molecule has 0 bridgehead atoms. The zero-order valence-electron chi connectivity index (χ0n) is 11.2. The second kappa shape index (κ2) is 8.66. The van der Waals surface area contributed by atoms with Crippen molar-refractivity contribution in [1.82, 2.24) is 5.32 Å². The quantitative estimate of drug-likeness (QED) is 0.844. The molecule has 1 rings (SSSR count). The van der Waals surface area contributed by atoms with E-state index in [1.54, 1.807) is 37.3 Å². The number of alkyl carbamates (subject to hydrolysis) is 1. The molecule has 1 atom stereocenters. The normalized spacial score (nSPS) is 11.7. The van der Waals surface area contributed by atoms with Crippen LogP contribution in [0.4, 0.5) is 10.5 Å². The van der Waals surface area contributed by atoms with Crippen LogP contribution in [0.3, 0.4) is 0 Å². The van der Waals surface area contributed by atoms with E-state index in [0.29, 0.717) is 10.7 Å². The lowest BCUT2D eigenvalue weighted by atomic mass is 10.1. The lowest BCUT2D eigenvalue weighted by Crippen LogP contribution is -2.36. The fraction of sp³-hybridized carbons (Fsp3) is 0.308. The molecule has 0 aliphatic heterocycles. The minimum atomic E-state index is -1.14. The molecule has 2 amide bonds. The highest BCUT2D eigenvalue weighted by Crippen LogP contribution is 2.23. The smallest absolute Gasteiger partial charge is 0.413 e. The van der Waals surface area contributed by atoms with Crippen LogP contribution in [0.2, 0.25) is 5.02 Å². The van der Waals surface area contributed by atoms with Crippen molar-refractivity contribution in [2.24, 2.45) is 16.1 Å². The topological polar surface area (TPSA) is 104 Å². The summed E-state index contributed by atoms with van der Waals surface area (Å²) in [5.41, 5.74) is 0.432. The molecule has 0 fully saturated rings. The van der Waals surface area contributed by atoms with Crippen LogP contribution in [-0.4, -0.2) is 25.2 Å². The Hall–Kier alpha value is -2.46. The van der Waals surface area contributed by atoms with Gasteiger partial charge in [0.1, 0.15) is 11.6 Å². The molecule has 1 aromatic rings. The Balaban J connectivity index is 2.59. The molecule has 0 aliphatic rings. The van der Waals surface area contributed by atoms with Gasteiger partial charge in [-0.2, -0.15) is 15.5 Å². The SMILES string of the molecule is CCOC(=O)NC(=O)C(C#N)CN=Nc1ccccc1Cl. The van der Waals surface area contributed by atoms with Gasteiger partial charge in [0.2, 0.25) is 5.91 Å². The number of nitriles is 1. The molecule has 0 saturated heterocycles. The van der Waals surface area contributed by atoms with E-state index >= 15 is 0 Å². The maximum absolute atomic E-state index is 11.6. The summed E-state index contributed by atoms with van der Waals surface area (Å²) in [5.74, 6) is -1.92. The van der Waals surface area contributed by atoms with Crippen molar-refractivity contribution in [3.8, 4) is 6.07 Å². The molecule has 0 heterocycles. The lowest BCUT2D eigenvalue weighted by Gasteiger charge is -2.06. The average molecular weight is 309 g/mol. The van der Waals surface area contributed by atoms with Gasteiger partial charge >= 0.3 is 6.09 Å². The van der Waals surface area contributed by atoms with E-state index in [0.717, 1.165) is 0 Å². The fourth-order valence-electron chi connectivity index (χ4n) is 1.27. The summed E-state index contributed by atoms with van der Waals surface area (Å²) >= 11 is 5.88. The van der Waals surface area contributed by atoms with Crippen LogP contribution in [0.25, 0.3) is 0 Å². The number of nitrogens with zero attached hydrogens (tertiary/aromatic N) is 3. The van der Waals surface area contributed by atoms with E-state index < -0.39 is 17.9 Å². The van der Waals surface area contributed by atoms with E-state index in [2.05, 4.69) is 15.0 Å². The average Bonchev–Trinajstić information content (AvgIpc) is 2.45. The highest BCUT2D eigenvalue weighted by molar-refractivity contribution is 6.32. The maximum Gasteiger partial charge on any atom is 0.413 e. The largest absolute Gasteiger partial charge is 0.450 e. The maximum atomic E-state index is 11.6. The summed E-state index contributed by atoms with van der Waals surface area (Å²) in [4.78, 5) is 22.7. The first-order valence-corrected chi connectivity index (χ1v) is 6.45. The molecule has 8 heteroatoms. The lowest BCUT2D eigenvalue weighted by molar-refractivity contribution is -0.122. The fourth-order valence-corrected chi connectivity index (χ4v) is 1.44. The first kappa shape index (κ1) is 16.6. The summed E-state index contributed by atoms with van der Waals surface area (Å²) in [7, 11) is 0. The molecule has 7 nitrogen and oxygen atoms in total. The van der Waals surface area contributed by atoms with Gasteiger partial charge in [-0.05, 0) is 19.1 Å². The van der Waals surface area contributed by atoms with E-state index in [1.165, 1.54) is 0 Å². The zero-order chi connectivity index (χ0) is 15.7. The van der Waals surface area contributed by atoms with Gasteiger partial charge < -0.3 is 4.74 Å². The second-order valence-electron chi connectivity index (χ2n) is 3.77. The van der Waals surface area contributed by atoms with Gasteiger partial charge in [-0.15, -0.1) is 0 Å². The first-order chi connectivity index (χ1) is 10.1. The van der Waals surface area contributed by atoms with Crippen LogP contribution >= 0.6 is 11.6 Å². The van der Waals surface area contributed by atoms with Gasteiger partial charge in [-0.3, -0.25) is 10.1 Å². The number of carbonyl (C=O) groups excluding carboxylic acids is 2. The molecule has 1 aromatic carbocycles. The standard InChI is InChI=1S/C13H13ClN4O3/c1-2-21-13(20)17-12(19)9(7-15)8-16-18-11-6-4-3-5-10(11)14/h3-6,9H,2,8H2,1H3,(H,17,19,20).